The van der Waals surface area contributed by atoms with Gasteiger partial charge in [0.1, 0.15) is 13.2 Å². The molecule has 1 atom stereocenters. The fourth-order valence-electron chi connectivity index (χ4n) is 2.13. The third kappa shape index (κ3) is 2.86. The number of nitrogens with two attached hydrogens (primary N) is 1. The van der Waals surface area contributed by atoms with Gasteiger partial charge < -0.3 is 15.2 Å². The van der Waals surface area contributed by atoms with Gasteiger partial charge >= 0.3 is 0 Å². The van der Waals surface area contributed by atoms with Crippen molar-refractivity contribution in [2.45, 2.75) is 30.7 Å². The molecule has 0 aromatic heterocycles. The minimum absolute atomic E-state index is 0.183. The van der Waals surface area contributed by atoms with Crippen molar-refractivity contribution in [2.24, 2.45) is 5.73 Å². The van der Waals surface area contributed by atoms with Gasteiger partial charge in [-0.05, 0) is 25.5 Å². The molecular formula is C14H22N2O4S. The fraction of sp³-hybridized carbons (Fsp3) is 0.571. The molecule has 21 heavy (non-hydrogen) atoms. The van der Waals surface area contributed by atoms with Crippen molar-refractivity contribution in [3.8, 4) is 11.5 Å². The Balaban J connectivity index is 2.40. The second kappa shape index (κ2) is 5.82. The van der Waals surface area contributed by atoms with E-state index in [-0.39, 0.29) is 11.4 Å². The van der Waals surface area contributed by atoms with Crippen molar-refractivity contribution in [3.05, 3.63) is 18.2 Å². The normalized spacial score (nSPS) is 17.6. The Bertz CT molecular complexity index is 611. The summed E-state index contributed by atoms with van der Waals surface area (Å²) in [6.07, 6.45) is 0.629. The molecule has 118 valence electrons. The van der Waals surface area contributed by atoms with Crippen molar-refractivity contribution in [3.63, 3.8) is 0 Å². The van der Waals surface area contributed by atoms with E-state index in [1.807, 2.05) is 13.8 Å². The van der Waals surface area contributed by atoms with Gasteiger partial charge in [-0.1, -0.05) is 6.92 Å². The van der Waals surface area contributed by atoms with E-state index >= 15 is 0 Å². The van der Waals surface area contributed by atoms with Crippen LogP contribution >= 0.6 is 0 Å². The highest BCUT2D eigenvalue weighted by Crippen LogP contribution is 2.34. The minimum Gasteiger partial charge on any atom is -0.486 e. The van der Waals surface area contributed by atoms with Crippen LogP contribution in [-0.4, -0.2) is 45.1 Å². The van der Waals surface area contributed by atoms with Crippen molar-refractivity contribution in [1.82, 2.24) is 4.31 Å². The molecule has 0 saturated carbocycles. The number of likely N-dealkylation sites (N-methyl/N-ethyl adjacent to an activating group) is 1. The summed E-state index contributed by atoms with van der Waals surface area (Å²) in [6, 6.07) is 4.67. The molecule has 6 nitrogen and oxygen atoms in total. The third-order valence-corrected chi connectivity index (χ3v) is 6.15. The van der Waals surface area contributed by atoms with Crippen LogP contribution in [0.2, 0.25) is 0 Å². The first-order valence-corrected chi connectivity index (χ1v) is 8.38. The van der Waals surface area contributed by atoms with Gasteiger partial charge in [0, 0.05) is 25.2 Å². The molecule has 2 rings (SSSR count). The van der Waals surface area contributed by atoms with Crippen LogP contribution in [-0.2, 0) is 10.0 Å². The lowest BCUT2D eigenvalue weighted by Gasteiger charge is -2.36. The first-order chi connectivity index (χ1) is 9.85. The highest BCUT2D eigenvalue weighted by Gasteiger charge is 2.36. The largest absolute Gasteiger partial charge is 0.486 e. The summed E-state index contributed by atoms with van der Waals surface area (Å²) in [5.41, 5.74) is 5.13. The molecule has 0 saturated heterocycles. The summed E-state index contributed by atoms with van der Waals surface area (Å²) in [5.74, 6) is 1.03. The number of hydrogen-bond acceptors (Lipinski definition) is 5. The first-order valence-electron chi connectivity index (χ1n) is 6.94. The predicted molar refractivity (Wildman–Crippen MR) is 80.1 cm³/mol. The van der Waals surface area contributed by atoms with Crippen molar-refractivity contribution in [2.75, 3.05) is 26.8 Å². The molecule has 1 aliphatic heterocycles. The summed E-state index contributed by atoms with van der Waals surface area (Å²) in [5, 5.41) is 0. The molecule has 0 amide bonds. The number of hydrogen-bond donors (Lipinski definition) is 1. The molecule has 0 bridgehead atoms. The van der Waals surface area contributed by atoms with Crippen molar-refractivity contribution < 1.29 is 17.9 Å². The van der Waals surface area contributed by atoms with E-state index < -0.39 is 15.6 Å². The Morgan fingerprint density at radius 2 is 1.90 bits per heavy atom. The SMILES string of the molecule is CCC(C)(CN)N(C)S(=O)(=O)c1ccc2c(c1)OCCO2. The fourth-order valence-corrected chi connectivity index (χ4v) is 3.72. The maximum absolute atomic E-state index is 12.8. The van der Waals surface area contributed by atoms with Crippen LogP contribution in [0.3, 0.4) is 0 Å². The van der Waals surface area contributed by atoms with Gasteiger partial charge in [-0.25, -0.2) is 8.42 Å². The monoisotopic (exact) mass is 314 g/mol. The molecule has 1 aromatic carbocycles. The number of rotatable bonds is 5. The lowest BCUT2D eigenvalue weighted by molar-refractivity contribution is 0.171. The van der Waals surface area contributed by atoms with E-state index in [1.54, 1.807) is 13.1 Å². The maximum atomic E-state index is 12.8. The number of benzene rings is 1. The average molecular weight is 314 g/mol. The van der Waals surface area contributed by atoms with Crippen LogP contribution in [0.1, 0.15) is 20.3 Å². The summed E-state index contributed by atoms with van der Waals surface area (Å²) < 4.78 is 37.7. The average Bonchev–Trinajstić information content (AvgIpc) is 2.52. The van der Waals surface area contributed by atoms with E-state index in [9.17, 15) is 8.42 Å². The summed E-state index contributed by atoms with van der Waals surface area (Å²) in [7, 11) is -2.08. The minimum atomic E-state index is -3.64. The standard InChI is InChI=1S/C14H22N2O4S/c1-4-14(2,10-15)16(3)21(17,18)11-5-6-12-13(9-11)20-8-7-19-12/h5-6,9H,4,7-8,10,15H2,1-3H3. The molecule has 1 unspecified atom stereocenters. The summed E-state index contributed by atoms with van der Waals surface area (Å²) in [6.45, 7) is 4.90. The van der Waals surface area contributed by atoms with E-state index in [0.717, 1.165) is 0 Å². The van der Waals surface area contributed by atoms with Gasteiger partial charge in [0.05, 0.1) is 4.90 Å². The van der Waals surface area contributed by atoms with Crippen LogP contribution in [0.5, 0.6) is 11.5 Å². The second-order valence-corrected chi connectivity index (χ2v) is 7.30. The maximum Gasteiger partial charge on any atom is 0.243 e. The molecule has 0 aliphatic carbocycles. The Morgan fingerprint density at radius 1 is 1.29 bits per heavy atom. The van der Waals surface area contributed by atoms with Gasteiger partial charge in [-0.3, -0.25) is 0 Å². The van der Waals surface area contributed by atoms with E-state index in [4.69, 9.17) is 15.2 Å². The van der Waals surface area contributed by atoms with E-state index in [2.05, 4.69) is 0 Å². The quantitative estimate of drug-likeness (QED) is 0.883. The molecule has 0 radical (unpaired) electrons. The molecule has 7 heteroatoms. The van der Waals surface area contributed by atoms with Gasteiger partial charge in [0.2, 0.25) is 10.0 Å². The number of fused-ring (bicyclic) bond motifs is 1. The zero-order valence-corrected chi connectivity index (χ0v) is 13.4. The Labute approximate surface area is 125 Å². The number of sulfonamides is 1. The lowest BCUT2D eigenvalue weighted by Crippen LogP contribution is -2.51. The van der Waals surface area contributed by atoms with Gasteiger partial charge in [-0.15, -0.1) is 0 Å². The Hall–Kier alpha value is -1.31. The summed E-state index contributed by atoms with van der Waals surface area (Å²) >= 11 is 0. The molecule has 0 fully saturated rings. The first kappa shape index (κ1) is 16.1. The predicted octanol–water partition coefficient (Wildman–Crippen LogP) is 1.21. The van der Waals surface area contributed by atoms with Crippen molar-refractivity contribution >= 4 is 10.0 Å². The highest BCUT2D eigenvalue weighted by molar-refractivity contribution is 7.89. The smallest absolute Gasteiger partial charge is 0.243 e. The Morgan fingerprint density at radius 3 is 2.48 bits per heavy atom. The van der Waals surface area contributed by atoms with E-state index in [0.29, 0.717) is 31.1 Å². The van der Waals surface area contributed by atoms with Crippen LogP contribution in [0.4, 0.5) is 0 Å². The molecule has 0 spiro atoms. The van der Waals surface area contributed by atoms with Crippen LogP contribution in [0.25, 0.3) is 0 Å². The summed E-state index contributed by atoms with van der Waals surface area (Å²) in [4.78, 5) is 0.183. The van der Waals surface area contributed by atoms with Crippen molar-refractivity contribution in [1.29, 1.82) is 0 Å². The van der Waals surface area contributed by atoms with Crippen LogP contribution in [0, 0.1) is 0 Å². The van der Waals surface area contributed by atoms with Crippen LogP contribution < -0.4 is 15.2 Å². The molecular weight excluding hydrogens is 292 g/mol. The zero-order chi connectivity index (χ0) is 15.7. The van der Waals surface area contributed by atoms with Gasteiger partial charge in [0.15, 0.2) is 11.5 Å². The number of nitrogens with zero attached hydrogens (tertiary/aromatic N) is 1. The molecule has 2 N–H and O–H groups in total. The van der Waals surface area contributed by atoms with Gasteiger partial charge in [-0.2, -0.15) is 4.31 Å². The van der Waals surface area contributed by atoms with Crippen LogP contribution in [0.15, 0.2) is 23.1 Å². The zero-order valence-electron chi connectivity index (χ0n) is 12.6. The molecule has 1 heterocycles. The topological polar surface area (TPSA) is 81.9 Å². The van der Waals surface area contributed by atoms with E-state index in [1.165, 1.54) is 16.4 Å². The third-order valence-electron chi connectivity index (χ3n) is 4.13. The molecule has 1 aromatic rings. The Kier molecular flexibility index (Phi) is 4.46. The molecule has 1 aliphatic rings. The van der Waals surface area contributed by atoms with Gasteiger partial charge in [0.25, 0.3) is 0 Å². The lowest BCUT2D eigenvalue weighted by atomic mass is 10.00. The highest BCUT2D eigenvalue weighted by atomic mass is 32.2. The number of ether oxygens (including phenoxy) is 2. The second-order valence-electron chi connectivity index (χ2n) is 5.33.